The van der Waals surface area contributed by atoms with Crippen molar-refractivity contribution in [3.05, 3.63) is 22.9 Å². The SMILES string of the molecule is CC(=O)NCCNc1nc2c(cc1C(N)=S)CCC2. The molecule has 1 aromatic rings. The normalized spacial score (nSPS) is 12.9. The number of carbonyl (C=O) groups is 1. The molecule has 0 aromatic carbocycles. The molecule has 0 saturated carbocycles. The number of rotatable bonds is 5. The van der Waals surface area contributed by atoms with Crippen LogP contribution in [0.15, 0.2) is 6.07 Å². The Morgan fingerprint density at radius 2 is 2.26 bits per heavy atom. The highest BCUT2D eigenvalue weighted by Crippen LogP contribution is 2.25. The number of nitrogens with two attached hydrogens (primary N) is 1. The number of nitrogens with one attached hydrogen (secondary N) is 2. The minimum absolute atomic E-state index is 0.0433. The molecule has 0 unspecified atom stereocenters. The van der Waals surface area contributed by atoms with Gasteiger partial charge in [0, 0.05) is 25.7 Å². The van der Waals surface area contributed by atoms with Gasteiger partial charge in [0.25, 0.3) is 0 Å². The largest absolute Gasteiger partial charge is 0.389 e. The number of aromatic nitrogens is 1. The first-order valence-corrected chi connectivity index (χ1v) is 6.79. The molecule has 1 amide bonds. The lowest BCUT2D eigenvalue weighted by molar-refractivity contribution is -0.118. The van der Waals surface area contributed by atoms with Crippen molar-refractivity contribution in [2.24, 2.45) is 5.73 Å². The summed E-state index contributed by atoms with van der Waals surface area (Å²) >= 11 is 5.07. The number of anilines is 1. The van der Waals surface area contributed by atoms with Crippen LogP contribution in [0.1, 0.15) is 30.2 Å². The number of amides is 1. The average molecular weight is 278 g/mol. The third kappa shape index (κ3) is 3.41. The Labute approximate surface area is 118 Å². The fourth-order valence-corrected chi connectivity index (χ4v) is 2.37. The number of aryl methyl sites for hydroxylation is 2. The molecule has 1 aromatic heterocycles. The Kier molecular flexibility index (Phi) is 4.31. The predicted octanol–water partition coefficient (Wildman–Crippen LogP) is 0.752. The minimum atomic E-state index is -0.0433. The van der Waals surface area contributed by atoms with E-state index in [1.165, 1.54) is 12.5 Å². The zero-order valence-electron chi connectivity index (χ0n) is 11.0. The zero-order chi connectivity index (χ0) is 13.8. The van der Waals surface area contributed by atoms with Crippen LogP contribution in [0.3, 0.4) is 0 Å². The van der Waals surface area contributed by atoms with E-state index in [1.807, 2.05) is 6.07 Å². The zero-order valence-corrected chi connectivity index (χ0v) is 11.8. The first-order valence-electron chi connectivity index (χ1n) is 6.39. The lowest BCUT2D eigenvalue weighted by Crippen LogP contribution is -2.27. The highest BCUT2D eigenvalue weighted by molar-refractivity contribution is 7.80. The van der Waals surface area contributed by atoms with Crippen LogP contribution in [0, 0.1) is 0 Å². The molecule has 1 heterocycles. The molecule has 102 valence electrons. The molecule has 0 bridgehead atoms. The number of fused-ring (bicyclic) bond motifs is 1. The Balaban J connectivity index is 2.10. The smallest absolute Gasteiger partial charge is 0.216 e. The van der Waals surface area contributed by atoms with Crippen molar-refractivity contribution in [1.29, 1.82) is 0 Å². The van der Waals surface area contributed by atoms with Crippen LogP contribution in [0.25, 0.3) is 0 Å². The number of hydrogen-bond acceptors (Lipinski definition) is 4. The van der Waals surface area contributed by atoms with Crippen LogP contribution in [0.4, 0.5) is 5.82 Å². The van der Waals surface area contributed by atoms with Crippen LogP contribution in [0.5, 0.6) is 0 Å². The van der Waals surface area contributed by atoms with Gasteiger partial charge in [0.15, 0.2) is 0 Å². The topological polar surface area (TPSA) is 80.0 Å². The molecule has 1 aliphatic carbocycles. The van der Waals surface area contributed by atoms with Crippen molar-refractivity contribution in [3.63, 3.8) is 0 Å². The molecule has 0 atom stereocenters. The fraction of sp³-hybridized carbons (Fsp3) is 0.462. The number of hydrogen-bond donors (Lipinski definition) is 3. The maximum atomic E-state index is 10.8. The number of pyridine rings is 1. The summed E-state index contributed by atoms with van der Waals surface area (Å²) in [6, 6.07) is 2.04. The molecular formula is C13H18N4OS. The molecule has 2 rings (SSSR count). The molecule has 0 spiro atoms. The van der Waals surface area contributed by atoms with Gasteiger partial charge in [-0.2, -0.15) is 0 Å². The summed E-state index contributed by atoms with van der Waals surface area (Å²) in [5.41, 5.74) is 8.91. The van der Waals surface area contributed by atoms with Gasteiger partial charge in [-0.25, -0.2) is 4.98 Å². The van der Waals surface area contributed by atoms with E-state index >= 15 is 0 Å². The van der Waals surface area contributed by atoms with Gasteiger partial charge in [-0.1, -0.05) is 12.2 Å². The first-order chi connectivity index (χ1) is 9.08. The molecule has 6 heteroatoms. The summed E-state index contributed by atoms with van der Waals surface area (Å²) in [5.74, 6) is 0.678. The maximum absolute atomic E-state index is 10.8. The second-order valence-corrected chi connectivity index (χ2v) is 5.06. The number of nitrogens with zero attached hydrogens (tertiary/aromatic N) is 1. The van der Waals surface area contributed by atoms with E-state index in [0.29, 0.717) is 18.1 Å². The Hall–Kier alpha value is -1.69. The molecule has 0 fully saturated rings. The number of thiocarbonyl (C=S) groups is 1. The van der Waals surface area contributed by atoms with E-state index < -0.39 is 0 Å². The monoisotopic (exact) mass is 278 g/mol. The van der Waals surface area contributed by atoms with E-state index in [-0.39, 0.29) is 5.91 Å². The lowest BCUT2D eigenvalue weighted by Gasteiger charge is -2.12. The van der Waals surface area contributed by atoms with Gasteiger partial charge in [0.1, 0.15) is 10.8 Å². The highest BCUT2D eigenvalue weighted by atomic mass is 32.1. The van der Waals surface area contributed by atoms with E-state index in [0.717, 1.165) is 36.3 Å². The van der Waals surface area contributed by atoms with Gasteiger partial charge < -0.3 is 16.4 Å². The fourth-order valence-electron chi connectivity index (χ4n) is 2.21. The second-order valence-electron chi connectivity index (χ2n) is 4.62. The molecule has 5 nitrogen and oxygen atoms in total. The second kappa shape index (κ2) is 5.97. The standard InChI is InChI=1S/C13H18N4OS/c1-8(18)15-5-6-16-13-10(12(14)19)7-9-3-2-4-11(9)17-13/h7H,2-6H2,1H3,(H2,14,19)(H,15,18)(H,16,17). The van der Waals surface area contributed by atoms with Crippen LogP contribution < -0.4 is 16.4 Å². The van der Waals surface area contributed by atoms with Crippen molar-refractivity contribution >= 4 is 28.9 Å². The Morgan fingerprint density at radius 1 is 1.47 bits per heavy atom. The molecule has 0 radical (unpaired) electrons. The van der Waals surface area contributed by atoms with Crippen molar-refractivity contribution in [3.8, 4) is 0 Å². The van der Waals surface area contributed by atoms with Crippen LogP contribution in [-0.2, 0) is 17.6 Å². The molecule has 1 aliphatic rings. The molecular weight excluding hydrogens is 260 g/mol. The summed E-state index contributed by atoms with van der Waals surface area (Å²) in [6.45, 7) is 2.64. The van der Waals surface area contributed by atoms with Gasteiger partial charge >= 0.3 is 0 Å². The van der Waals surface area contributed by atoms with Gasteiger partial charge in [-0.05, 0) is 30.9 Å². The van der Waals surface area contributed by atoms with Gasteiger partial charge in [-0.3, -0.25) is 4.79 Å². The van der Waals surface area contributed by atoms with E-state index in [9.17, 15) is 4.79 Å². The third-order valence-corrected chi connectivity index (χ3v) is 3.33. The summed E-state index contributed by atoms with van der Waals surface area (Å²) < 4.78 is 0. The molecule has 19 heavy (non-hydrogen) atoms. The van der Waals surface area contributed by atoms with Gasteiger partial charge in [0.05, 0.1) is 5.56 Å². The summed E-state index contributed by atoms with van der Waals surface area (Å²) in [7, 11) is 0. The predicted molar refractivity (Wildman–Crippen MR) is 79.3 cm³/mol. The summed E-state index contributed by atoms with van der Waals surface area (Å²) in [4.78, 5) is 15.7. The molecule has 0 saturated heterocycles. The lowest BCUT2D eigenvalue weighted by atomic mass is 10.1. The van der Waals surface area contributed by atoms with E-state index in [1.54, 1.807) is 0 Å². The summed E-state index contributed by atoms with van der Waals surface area (Å²) in [6.07, 6.45) is 3.19. The summed E-state index contributed by atoms with van der Waals surface area (Å²) in [5, 5.41) is 5.91. The highest BCUT2D eigenvalue weighted by Gasteiger charge is 2.17. The van der Waals surface area contributed by atoms with Crippen molar-refractivity contribution < 1.29 is 4.79 Å². The third-order valence-electron chi connectivity index (χ3n) is 3.11. The van der Waals surface area contributed by atoms with Crippen molar-refractivity contribution in [2.75, 3.05) is 18.4 Å². The first kappa shape index (κ1) is 13.7. The average Bonchev–Trinajstić information content (AvgIpc) is 2.80. The Bertz CT molecular complexity index is 516. The van der Waals surface area contributed by atoms with E-state index in [4.69, 9.17) is 18.0 Å². The Morgan fingerprint density at radius 3 is 2.95 bits per heavy atom. The van der Waals surface area contributed by atoms with Crippen LogP contribution in [0.2, 0.25) is 0 Å². The van der Waals surface area contributed by atoms with Crippen LogP contribution >= 0.6 is 12.2 Å². The quantitative estimate of drug-likeness (QED) is 0.547. The number of carbonyl (C=O) groups excluding carboxylic acids is 1. The van der Waals surface area contributed by atoms with Crippen LogP contribution in [-0.4, -0.2) is 29.0 Å². The molecule has 0 aliphatic heterocycles. The minimum Gasteiger partial charge on any atom is -0.389 e. The van der Waals surface area contributed by atoms with Crippen molar-refractivity contribution in [2.45, 2.75) is 26.2 Å². The van der Waals surface area contributed by atoms with E-state index in [2.05, 4.69) is 15.6 Å². The van der Waals surface area contributed by atoms with Crippen molar-refractivity contribution in [1.82, 2.24) is 10.3 Å². The van der Waals surface area contributed by atoms with Gasteiger partial charge in [0.2, 0.25) is 5.91 Å². The van der Waals surface area contributed by atoms with Gasteiger partial charge in [-0.15, -0.1) is 0 Å². The molecule has 4 N–H and O–H groups in total. The maximum Gasteiger partial charge on any atom is 0.216 e.